The Morgan fingerprint density at radius 1 is 1.38 bits per heavy atom. The van der Waals surface area contributed by atoms with Gasteiger partial charge in [-0.1, -0.05) is 26.0 Å². The van der Waals surface area contributed by atoms with Gasteiger partial charge in [-0.05, 0) is 18.1 Å². The fourth-order valence-electron chi connectivity index (χ4n) is 1.70. The summed E-state index contributed by atoms with van der Waals surface area (Å²) in [6.07, 6.45) is 0. The van der Waals surface area contributed by atoms with E-state index in [4.69, 9.17) is 11.0 Å². The van der Waals surface area contributed by atoms with Crippen LogP contribution in [0.25, 0.3) is 0 Å². The van der Waals surface area contributed by atoms with Gasteiger partial charge in [0.2, 0.25) is 11.8 Å². The maximum atomic E-state index is 12.1. The molecule has 1 rings (SSSR count). The Kier molecular flexibility index (Phi) is 5.88. The van der Waals surface area contributed by atoms with Gasteiger partial charge < -0.3 is 16.0 Å². The van der Waals surface area contributed by atoms with Crippen molar-refractivity contribution in [3.05, 3.63) is 29.8 Å². The van der Waals surface area contributed by atoms with Gasteiger partial charge >= 0.3 is 0 Å². The number of hydrogen-bond donors (Lipinski definition) is 2. The normalized spacial score (nSPS) is 11.6. The second-order valence-electron chi connectivity index (χ2n) is 5.07. The van der Waals surface area contributed by atoms with Crippen LogP contribution in [0.5, 0.6) is 0 Å². The lowest BCUT2D eigenvalue weighted by atomic mass is 10.1. The molecule has 0 aliphatic rings. The van der Waals surface area contributed by atoms with Crippen LogP contribution in [0.1, 0.15) is 19.4 Å². The summed E-state index contributed by atoms with van der Waals surface area (Å²) in [5, 5.41) is 11.5. The monoisotopic (exact) mass is 288 g/mol. The Bertz CT molecular complexity index is 563. The van der Waals surface area contributed by atoms with E-state index in [1.165, 1.54) is 4.90 Å². The van der Waals surface area contributed by atoms with Crippen LogP contribution < -0.4 is 16.0 Å². The first-order chi connectivity index (χ1) is 9.88. The molecule has 0 fully saturated rings. The zero-order valence-electron chi connectivity index (χ0n) is 12.5. The van der Waals surface area contributed by atoms with E-state index in [0.717, 1.165) is 0 Å². The lowest BCUT2D eigenvalue weighted by molar-refractivity contribution is -0.126. The molecule has 6 nitrogen and oxygen atoms in total. The number of para-hydroxylation sites is 1. The van der Waals surface area contributed by atoms with Gasteiger partial charge in [0.15, 0.2) is 0 Å². The number of nitrogens with one attached hydrogen (secondary N) is 1. The Hall–Kier alpha value is -2.39. The van der Waals surface area contributed by atoms with Crippen LogP contribution in [0.4, 0.5) is 5.69 Å². The largest absolute Gasteiger partial charge is 0.346 e. The first kappa shape index (κ1) is 16.7. The van der Waals surface area contributed by atoms with E-state index in [-0.39, 0.29) is 24.3 Å². The fourth-order valence-corrected chi connectivity index (χ4v) is 1.70. The highest BCUT2D eigenvalue weighted by Gasteiger charge is 2.19. The molecule has 2 amide bonds. The molecule has 0 saturated heterocycles. The summed E-state index contributed by atoms with van der Waals surface area (Å²) in [6, 6.07) is 8.16. The molecule has 0 aliphatic heterocycles. The second kappa shape index (κ2) is 7.41. The van der Waals surface area contributed by atoms with Crippen molar-refractivity contribution in [3.8, 4) is 6.07 Å². The predicted molar refractivity (Wildman–Crippen MR) is 80.4 cm³/mol. The van der Waals surface area contributed by atoms with E-state index in [9.17, 15) is 9.59 Å². The van der Waals surface area contributed by atoms with Gasteiger partial charge in [0.05, 0.1) is 23.8 Å². The standard InChI is InChI=1S/C15H20N4O2/c1-10(2)14(17)15(21)18-9-13(20)19(3)12-7-5-4-6-11(12)8-16/h4-7,10,14H,9,17H2,1-3H3,(H,18,21)/t14-/m0/s1. The summed E-state index contributed by atoms with van der Waals surface area (Å²) >= 11 is 0. The minimum atomic E-state index is -0.644. The van der Waals surface area contributed by atoms with E-state index < -0.39 is 6.04 Å². The summed E-state index contributed by atoms with van der Waals surface area (Å²) in [7, 11) is 1.56. The van der Waals surface area contributed by atoms with Gasteiger partial charge in [-0.15, -0.1) is 0 Å². The molecule has 0 aromatic heterocycles. The number of anilines is 1. The maximum absolute atomic E-state index is 12.1. The van der Waals surface area contributed by atoms with E-state index in [1.54, 1.807) is 31.3 Å². The number of hydrogen-bond acceptors (Lipinski definition) is 4. The molecule has 112 valence electrons. The van der Waals surface area contributed by atoms with Crippen LogP contribution in [0, 0.1) is 17.2 Å². The minimum absolute atomic E-state index is 0.00264. The Labute approximate surface area is 124 Å². The number of carbonyl (C=O) groups is 2. The zero-order chi connectivity index (χ0) is 16.0. The van der Waals surface area contributed by atoms with Crippen molar-refractivity contribution in [2.45, 2.75) is 19.9 Å². The first-order valence-corrected chi connectivity index (χ1v) is 6.67. The number of likely N-dealkylation sites (N-methyl/N-ethyl adjacent to an activating group) is 1. The highest BCUT2D eigenvalue weighted by Crippen LogP contribution is 2.17. The summed E-state index contributed by atoms with van der Waals surface area (Å²) in [6.45, 7) is 3.51. The average Bonchev–Trinajstić information content (AvgIpc) is 2.50. The number of nitrogens with zero attached hydrogens (tertiary/aromatic N) is 2. The summed E-state index contributed by atoms with van der Waals surface area (Å²) in [4.78, 5) is 25.1. The molecule has 0 unspecified atom stereocenters. The molecular formula is C15H20N4O2. The SMILES string of the molecule is CC(C)[C@H](N)C(=O)NCC(=O)N(C)c1ccccc1C#N. The number of rotatable bonds is 5. The molecule has 3 N–H and O–H groups in total. The molecule has 1 aromatic carbocycles. The third-order valence-electron chi connectivity index (χ3n) is 3.19. The third kappa shape index (κ3) is 4.29. The lowest BCUT2D eigenvalue weighted by Crippen LogP contribution is -2.47. The smallest absolute Gasteiger partial charge is 0.246 e. The molecule has 1 atom stereocenters. The van der Waals surface area contributed by atoms with Gasteiger partial charge in [0, 0.05) is 7.05 Å². The topological polar surface area (TPSA) is 99.2 Å². The van der Waals surface area contributed by atoms with Gasteiger partial charge in [-0.3, -0.25) is 9.59 Å². The van der Waals surface area contributed by atoms with Crippen LogP contribution in [-0.4, -0.2) is 31.4 Å². The summed E-state index contributed by atoms with van der Waals surface area (Å²) in [5.41, 5.74) is 6.61. The van der Waals surface area contributed by atoms with Crippen molar-refractivity contribution in [1.82, 2.24) is 5.32 Å². The molecule has 0 spiro atoms. The Morgan fingerprint density at radius 2 is 2.00 bits per heavy atom. The van der Waals surface area contributed by atoms with Crippen LogP contribution in [-0.2, 0) is 9.59 Å². The number of carbonyl (C=O) groups excluding carboxylic acids is 2. The van der Waals surface area contributed by atoms with Crippen molar-refractivity contribution >= 4 is 17.5 Å². The first-order valence-electron chi connectivity index (χ1n) is 6.67. The molecule has 0 radical (unpaired) electrons. The maximum Gasteiger partial charge on any atom is 0.246 e. The van der Waals surface area contributed by atoms with Gasteiger partial charge in [-0.2, -0.15) is 5.26 Å². The highest BCUT2D eigenvalue weighted by molar-refractivity contribution is 5.97. The van der Waals surface area contributed by atoms with E-state index in [0.29, 0.717) is 11.3 Å². The van der Waals surface area contributed by atoms with Crippen LogP contribution in [0.3, 0.4) is 0 Å². The molecule has 6 heteroatoms. The second-order valence-corrected chi connectivity index (χ2v) is 5.07. The molecule has 0 heterocycles. The van der Waals surface area contributed by atoms with Gasteiger partial charge in [0.1, 0.15) is 6.07 Å². The van der Waals surface area contributed by atoms with Crippen LogP contribution in [0.2, 0.25) is 0 Å². The molecular weight excluding hydrogens is 268 g/mol. The third-order valence-corrected chi connectivity index (χ3v) is 3.19. The quantitative estimate of drug-likeness (QED) is 0.829. The zero-order valence-corrected chi connectivity index (χ0v) is 12.5. The Morgan fingerprint density at radius 3 is 2.57 bits per heavy atom. The van der Waals surface area contributed by atoms with Crippen molar-refractivity contribution in [2.24, 2.45) is 11.7 Å². The number of benzene rings is 1. The van der Waals surface area contributed by atoms with E-state index in [1.807, 2.05) is 19.9 Å². The molecule has 1 aromatic rings. The number of nitriles is 1. The van der Waals surface area contributed by atoms with Crippen molar-refractivity contribution in [1.29, 1.82) is 5.26 Å². The minimum Gasteiger partial charge on any atom is -0.346 e. The van der Waals surface area contributed by atoms with E-state index in [2.05, 4.69) is 5.32 Å². The highest BCUT2D eigenvalue weighted by atomic mass is 16.2. The molecule has 0 aliphatic carbocycles. The summed E-state index contributed by atoms with van der Waals surface area (Å²) < 4.78 is 0. The van der Waals surface area contributed by atoms with Crippen molar-refractivity contribution in [3.63, 3.8) is 0 Å². The van der Waals surface area contributed by atoms with E-state index >= 15 is 0 Å². The molecule has 0 saturated carbocycles. The fraction of sp³-hybridized carbons (Fsp3) is 0.400. The number of nitrogens with two attached hydrogens (primary N) is 1. The average molecular weight is 288 g/mol. The van der Waals surface area contributed by atoms with Gasteiger partial charge in [-0.25, -0.2) is 0 Å². The predicted octanol–water partition coefficient (Wildman–Crippen LogP) is 0.621. The summed E-state index contributed by atoms with van der Waals surface area (Å²) in [5.74, 6) is -0.681. The van der Waals surface area contributed by atoms with Gasteiger partial charge in [0.25, 0.3) is 0 Å². The molecule has 0 bridgehead atoms. The number of amides is 2. The van der Waals surface area contributed by atoms with Crippen molar-refractivity contribution in [2.75, 3.05) is 18.5 Å². The Balaban J connectivity index is 2.68. The molecule has 21 heavy (non-hydrogen) atoms. The van der Waals surface area contributed by atoms with Crippen LogP contribution in [0.15, 0.2) is 24.3 Å². The van der Waals surface area contributed by atoms with Crippen molar-refractivity contribution < 1.29 is 9.59 Å². The lowest BCUT2D eigenvalue weighted by Gasteiger charge is -2.20. The van der Waals surface area contributed by atoms with Crippen LogP contribution >= 0.6 is 0 Å².